The van der Waals surface area contributed by atoms with Gasteiger partial charge < -0.3 is 19.9 Å². The maximum absolute atomic E-state index is 12.4. The number of carbonyl (C=O) groups excluding carboxylic acids is 1. The highest BCUT2D eigenvalue weighted by Gasteiger charge is 2.30. The first kappa shape index (κ1) is 21.2. The van der Waals surface area contributed by atoms with Gasteiger partial charge in [-0.1, -0.05) is 11.6 Å². The van der Waals surface area contributed by atoms with E-state index in [0.717, 1.165) is 11.4 Å². The van der Waals surface area contributed by atoms with Crippen molar-refractivity contribution in [2.75, 3.05) is 29.9 Å². The van der Waals surface area contributed by atoms with E-state index < -0.39 is 5.60 Å². The Hall–Kier alpha value is -3.07. The van der Waals surface area contributed by atoms with Crippen molar-refractivity contribution in [3.05, 3.63) is 41.9 Å². The second-order valence-electron chi connectivity index (χ2n) is 8.57. The lowest BCUT2D eigenvalue weighted by Gasteiger charge is -2.41. The molecule has 1 aliphatic heterocycles. The van der Waals surface area contributed by atoms with Crippen LogP contribution in [0.25, 0.3) is 5.65 Å². The fraction of sp³-hybridized carbons (Fsp3) is 0.429. The molecule has 10 heteroatoms. The van der Waals surface area contributed by atoms with Crippen molar-refractivity contribution >= 4 is 40.5 Å². The Morgan fingerprint density at radius 1 is 1.26 bits per heavy atom. The summed E-state index contributed by atoms with van der Waals surface area (Å²) >= 11 is 6.10. The van der Waals surface area contributed by atoms with Crippen LogP contribution in [-0.2, 0) is 4.74 Å². The van der Waals surface area contributed by atoms with Crippen molar-refractivity contribution in [2.45, 2.75) is 39.3 Å². The summed E-state index contributed by atoms with van der Waals surface area (Å²) in [5.41, 5.74) is 1.90. The molecule has 4 heterocycles. The molecule has 1 fully saturated rings. The molecule has 1 unspecified atom stereocenters. The first-order valence-corrected chi connectivity index (χ1v) is 10.5. The number of halogens is 1. The third-order valence-corrected chi connectivity index (χ3v) is 5.14. The van der Waals surface area contributed by atoms with E-state index in [4.69, 9.17) is 16.3 Å². The van der Waals surface area contributed by atoms with Crippen LogP contribution in [0.5, 0.6) is 0 Å². The van der Waals surface area contributed by atoms with Gasteiger partial charge in [0.05, 0.1) is 17.6 Å². The van der Waals surface area contributed by atoms with E-state index in [1.54, 1.807) is 27.9 Å². The van der Waals surface area contributed by atoms with Gasteiger partial charge in [0, 0.05) is 44.1 Å². The fourth-order valence-corrected chi connectivity index (χ4v) is 3.77. The number of rotatable bonds is 3. The number of imidazole rings is 1. The van der Waals surface area contributed by atoms with Crippen molar-refractivity contribution in [2.24, 2.45) is 0 Å². The molecule has 31 heavy (non-hydrogen) atoms. The number of piperazine rings is 1. The molecule has 1 N–H and O–H groups in total. The molecule has 0 spiro atoms. The number of carbonyl (C=O) groups is 1. The van der Waals surface area contributed by atoms with Gasteiger partial charge in [0.15, 0.2) is 10.8 Å². The van der Waals surface area contributed by atoms with Crippen molar-refractivity contribution in [1.82, 2.24) is 24.5 Å². The number of nitrogens with zero attached hydrogens (tertiary/aromatic N) is 6. The van der Waals surface area contributed by atoms with Gasteiger partial charge in [-0.3, -0.25) is 0 Å². The highest BCUT2D eigenvalue weighted by atomic mass is 35.5. The van der Waals surface area contributed by atoms with Gasteiger partial charge in [-0.2, -0.15) is 5.10 Å². The number of hydrogen-bond acceptors (Lipinski definition) is 7. The Balaban J connectivity index is 1.43. The molecule has 0 radical (unpaired) electrons. The minimum absolute atomic E-state index is 0.144. The molecule has 1 amide bonds. The van der Waals surface area contributed by atoms with Crippen LogP contribution < -0.4 is 10.2 Å². The Morgan fingerprint density at radius 3 is 2.74 bits per heavy atom. The maximum atomic E-state index is 12.4. The first-order chi connectivity index (χ1) is 14.7. The molecular formula is C21H26ClN7O2. The molecule has 1 aliphatic rings. The Kier molecular flexibility index (Phi) is 5.62. The van der Waals surface area contributed by atoms with Crippen molar-refractivity contribution in [3.63, 3.8) is 0 Å². The van der Waals surface area contributed by atoms with Crippen LogP contribution in [0, 0.1) is 0 Å². The lowest BCUT2D eigenvalue weighted by Crippen LogP contribution is -2.54. The van der Waals surface area contributed by atoms with Gasteiger partial charge in [-0.25, -0.2) is 19.3 Å². The molecule has 0 aromatic carbocycles. The minimum atomic E-state index is -0.495. The summed E-state index contributed by atoms with van der Waals surface area (Å²) in [6.45, 7) is 9.64. The van der Waals surface area contributed by atoms with E-state index in [9.17, 15) is 4.79 Å². The number of anilines is 3. The molecule has 0 saturated carbocycles. The highest BCUT2D eigenvalue weighted by molar-refractivity contribution is 6.29. The lowest BCUT2D eigenvalue weighted by molar-refractivity contribution is 0.0219. The third-order valence-electron chi connectivity index (χ3n) is 4.95. The maximum Gasteiger partial charge on any atom is 0.410 e. The van der Waals surface area contributed by atoms with Crippen LogP contribution >= 0.6 is 11.6 Å². The Labute approximate surface area is 186 Å². The Bertz CT molecular complexity index is 1080. The van der Waals surface area contributed by atoms with Gasteiger partial charge in [0.2, 0.25) is 0 Å². The number of amides is 1. The van der Waals surface area contributed by atoms with E-state index in [2.05, 4.69) is 32.2 Å². The van der Waals surface area contributed by atoms with Crippen LogP contribution in [-0.4, -0.2) is 61.9 Å². The summed E-state index contributed by atoms with van der Waals surface area (Å²) in [5.74, 6) is 0.677. The molecule has 1 atom stereocenters. The average Bonchev–Trinajstić information content (AvgIpc) is 3.16. The predicted molar refractivity (Wildman–Crippen MR) is 120 cm³/mol. The number of fused-ring (bicyclic) bond motifs is 1. The van der Waals surface area contributed by atoms with E-state index in [1.807, 2.05) is 39.1 Å². The molecule has 3 aromatic rings. The number of pyridine rings is 1. The topological polar surface area (TPSA) is 87.9 Å². The normalized spacial score (nSPS) is 17.1. The second-order valence-corrected chi connectivity index (χ2v) is 8.96. The monoisotopic (exact) mass is 443 g/mol. The molecule has 4 rings (SSSR count). The molecule has 1 saturated heterocycles. The van der Waals surface area contributed by atoms with Crippen LogP contribution in [0.1, 0.15) is 27.7 Å². The van der Waals surface area contributed by atoms with Gasteiger partial charge in [0.1, 0.15) is 11.4 Å². The van der Waals surface area contributed by atoms with Crippen LogP contribution in [0.3, 0.4) is 0 Å². The van der Waals surface area contributed by atoms with Gasteiger partial charge in [-0.05, 0) is 39.8 Å². The van der Waals surface area contributed by atoms with Crippen molar-refractivity contribution < 1.29 is 9.53 Å². The highest BCUT2D eigenvalue weighted by Crippen LogP contribution is 2.25. The zero-order valence-corrected chi connectivity index (χ0v) is 18.8. The predicted octanol–water partition coefficient (Wildman–Crippen LogP) is 3.97. The Morgan fingerprint density at radius 2 is 2.06 bits per heavy atom. The van der Waals surface area contributed by atoms with E-state index in [1.165, 1.54) is 0 Å². The summed E-state index contributed by atoms with van der Waals surface area (Å²) in [6.07, 6.45) is 4.96. The molecule has 0 aliphatic carbocycles. The molecule has 9 nitrogen and oxygen atoms in total. The van der Waals surface area contributed by atoms with Crippen molar-refractivity contribution in [1.29, 1.82) is 0 Å². The number of ether oxygens (including phenoxy) is 1. The SMILES string of the molecule is CC1CN(C(=O)OC(C)(C)C)CCN1c1ccc(Nc2cc(Cl)nn3ccnc23)nc1. The number of hydrogen-bond donors (Lipinski definition) is 1. The van der Waals surface area contributed by atoms with Crippen molar-refractivity contribution in [3.8, 4) is 0 Å². The third kappa shape index (κ3) is 4.82. The van der Waals surface area contributed by atoms with E-state index >= 15 is 0 Å². The minimum Gasteiger partial charge on any atom is -0.444 e. The van der Waals surface area contributed by atoms with Gasteiger partial charge in [-0.15, -0.1) is 0 Å². The van der Waals surface area contributed by atoms with Crippen LogP contribution in [0.2, 0.25) is 5.15 Å². The smallest absolute Gasteiger partial charge is 0.410 e. The van der Waals surface area contributed by atoms with Crippen LogP contribution in [0.15, 0.2) is 36.8 Å². The summed E-state index contributed by atoms with van der Waals surface area (Å²) in [5, 5.41) is 7.79. The van der Waals surface area contributed by atoms with Gasteiger partial charge >= 0.3 is 6.09 Å². The molecule has 0 bridgehead atoms. The molecular weight excluding hydrogens is 418 g/mol. The zero-order valence-electron chi connectivity index (χ0n) is 18.0. The number of nitrogens with one attached hydrogen (secondary N) is 1. The quantitative estimate of drug-likeness (QED) is 0.655. The van der Waals surface area contributed by atoms with Crippen LogP contribution in [0.4, 0.5) is 22.0 Å². The van der Waals surface area contributed by atoms with Gasteiger partial charge in [0.25, 0.3) is 0 Å². The summed E-state index contributed by atoms with van der Waals surface area (Å²) in [7, 11) is 0. The zero-order chi connectivity index (χ0) is 22.2. The fourth-order valence-electron chi connectivity index (χ4n) is 3.58. The average molecular weight is 444 g/mol. The summed E-state index contributed by atoms with van der Waals surface area (Å²) in [6, 6.07) is 5.79. The first-order valence-electron chi connectivity index (χ1n) is 10.2. The number of aromatic nitrogens is 4. The lowest BCUT2D eigenvalue weighted by atomic mass is 10.1. The standard InChI is InChI=1S/C21H26ClN7O2/c1-14-13-27(20(30)31-21(2,3)4)9-10-28(14)15-5-6-18(24-12-15)25-16-11-17(22)26-29-8-7-23-19(16)29/h5-8,11-12,14H,9-10,13H2,1-4H3,(H,24,25). The second kappa shape index (κ2) is 8.22. The molecule has 164 valence electrons. The van der Waals surface area contributed by atoms with E-state index in [-0.39, 0.29) is 12.1 Å². The largest absolute Gasteiger partial charge is 0.444 e. The summed E-state index contributed by atoms with van der Waals surface area (Å²) in [4.78, 5) is 25.2. The van der Waals surface area contributed by atoms with E-state index in [0.29, 0.717) is 36.3 Å². The molecule has 3 aromatic heterocycles. The summed E-state index contributed by atoms with van der Waals surface area (Å²) < 4.78 is 7.11.